The fourth-order valence-electron chi connectivity index (χ4n) is 2.45. The number of carbonyl (C=O) groups is 1. The molecule has 1 fully saturated rings. The van der Waals surface area contributed by atoms with Gasteiger partial charge in [-0.1, -0.05) is 6.07 Å². The topological polar surface area (TPSA) is 26.3 Å². The average Bonchev–Trinajstić information content (AvgIpc) is 2.70. The van der Waals surface area contributed by atoms with E-state index >= 15 is 0 Å². The largest absolute Gasteiger partial charge is 0.454 e. The predicted octanol–water partition coefficient (Wildman–Crippen LogP) is 3.30. The average molecular weight is 240 g/mol. The molecule has 0 unspecified atom stereocenters. The number of ether oxygens (including phenoxy) is 1. The molecule has 0 saturated heterocycles. The third kappa shape index (κ3) is 2.30. The SMILES string of the molecule is CC(=O)OC1(c2ccc(F)c(F)c2)CCCC1. The Morgan fingerprint density at radius 2 is 1.88 bits per heavy atom. The van der Waals surface area contributed by atoms with E-state index in [-0.39, 0.29) is 0 Å². The summed E-state index contributed by atoms with van der Waals surface area (Å²) >= 11 is 0. The molecule has 1 aliphatic rings. The maximum Gasteiger partial charge on any atom is 0.303 e. The van der Waals surface area contributed by atoms with Crippen LogP contribution in [0.15, 0.2) is 18.2 Å². The maximum absolute atomic E-state index is 13.2. The predicted molar refractivity (Wildman–Crippen MR) is 58.3 cm³/mol. The lowest BCUT2D eigenvalue weighted by molar-refractivity contribution is -0.157. The molecule has 0 atom stereocenters. The fraction of sp³-hybridized carbons (Fsp3) is 0.462. The molecule has 17 heavy (non-hydrogen) atoms. The summed E-state index contributed by atoms with van der Waals surface area (Å²) in [5, 5.41) is 0. The summed E-state index contributed by atoms with van der Waals surface area (Å²) < 4.78 is 31.5. The van der Waals surface area contributed by atoms with Crippen molar-refractivity contribution in [2.24, 2.45) is 0 Å². The quantitative estimate of drug-likeness (QED) is 0.741. The van der Waals surface area contributed by atoms with Crippen molar-refractivity contribution in [3.05, 3.63) is 35.4 Å². The molecule has 0 bridgehead atoms. The van der Waals surface area contributed by atoms with Gasteiger partial charge in [0.1, 0.15) is 5.60 Å². The van der Waals surface area contributed by atoms with Gasteiger partial charge in [-0.05, 0) is 43.4 Å². The Bertz CT molecular complexity index is 437. The molecule has 0 amide bonds. The zero-order valence-corrected chi connectivity index (χ0v) is 9.63. The van der Waals surface area contributed by atoms with Crippen LogP contribution in [0.25, 0.3) is 0 Å². The van der Waals surface area contributed by atoms with Crippen LogP contribution in [-0.4, -0.2) is 5.97 Å². The molecular formula is C13H14F2O2. The van der Waals surface area contributed by atoms with Crippen LogP contribution in [-0.2, 0) is 15.1 Å². The number of halogens is 2. The van der Waals surface area contributed by atoms with E-state index in [1.54, 1.807) is 0 Å². The first-order valence-corrected chi connectivity index (χ1v) is 5.69. The summed E-state index contributed by atoms with van der Waals surface area (Å²) in [6.07, 6.45) is 3.17. The molecule has 1 aliphatic carbocycles. The van der Waals surface area contributed by atoms with Gasteiger partial charge in [0, 0.05) is 6.92 Å². The van der Waals surface area contributed by atoms with Crippen molar-refractivity contribution >= 4 is 5.97 Å². The molecule has 1 aromatic rings. The van der Waals surface area contributed by atoms with Crippen LogP contribution in [0.1, 0.15) is 38.2 Å². The van der Waals surface area contributed by atoms with Crippen LogP contribution < -0.4 is 0 Å². The third-order valence-electron chi connectivity index (χ3n) is 3.20. The molecule has 0 aromatic heterocycles. The van der Waals surface area contributed by atoms with Crippen molar-refractivity contribution in [1.82, 2.24) is 0 Å². The minimum Gasteiger partial charge on any atom is -0.454 e. The highest BCUT2D eigenvalue weighted by atomic mass is 19.2. The lowest BCUT2D eigenvalue weighted by Crippen LogP contribution is -2.28. The van der Waals surface area contributed by atoms with E-state index in [4.69, 9.17) is 4.74 Å². The number of benzene rings is 1. The molecule has 2 nitrogen and oxygen atoms in total. The van der Waals surface area contributed by atoms with Gasteiger partial charge in [0.05, 0.1) is 0 Å². The van der Waals surface area contributed by atoms with Crippen molar-refractivity contribution in [2.75, 3.05) is 0 Å². The van der Waals surface area contributed by atoms with Gasteiger partial charge in [0.25, 0.3) is 0 Å². The van der Waals surface area contributed by atoms with E-state index in [2.05, 4.69) is 0 Å². The second-order valence-corrected chi connectivity index (χ2v) is 4.42. The van der Waals surface area contributed by atoms with Crippen molar-refractivity contribution in [3.63, 3.8) is 0 Å². The Morgan fingerprint density at radius 1 is 1.24 bits per heavy atom. The normalized spacial score (nSPS) is 18.1. The molecular weight excluding hydrogens is 226 g/mol. The van der Waals surface area contributed by atoms with Gasteiger partial charge in [-0.3, -0.25) is 4.79 Å². The third-order valence-corrected chi connectivity index (χ3v) is 3.20. The molecule has 0 aliphatic heterocycles. The molecule has 2 rings (SSSR count). The minimum atomic E-state index is -0.902. The van der Waals surface area contributed by atoms with Crippen LogP contribution in [0.5, 0.6) is 0 Å². The van der Waals surface area contributed by atoms with Gasteiger partial charge >= 0.3 is 5.97 Å². The summed E-state index contributed by atoms with van der Waals surface area (Å²) in [5.74, 6) is -2.18. The molecule has 0 N–H and O–H groups in total. The fourth-order valence-corrected chi connectivity index (χ4v) is 2.45. The van der Waals surface area contributed by atoms with Crippen LogP contribution in [0, 0.1) is 11.6 Å². The summed E-state index contributed by atoms with van der Waals surface area (Å²) in [7, 11) is 0. The lowest BCUT2D eigenvalue weighted by Gasteiger charge is -2.29. The standard InChI is InChI=1S/C13H14F2O2/c1-9(16)17-13(6-2-3-7-13)10-4-5-11(14)12(15)8-10/h4-5,8H,2-3,6-7H2,1H3. The van der Waals surface area contributed by atoms with Crippen molar-refractivity contribution in [3.8, 4) is 0 Å². The summed E-state index contributed by atoms with van der Waals surface area (Å²) in [4.78, 5) is 11.1. The zero-order chi connectivity index (χ0) is 12.5. The van der Waals surface area contributed by atoms with Gasteiger partial charge < -0.3 is 4.74 Å². The number of carbonyl (C=O) groups excluding carboxylic acids is 1. The van der Waals surface area contributed by atoms with Crippen LogP contribution in [0.3, 0.4) is 0 Å². The molecule has 1 aromatic carbocycles. The molecule has 4 heteroatoms. The van der Waals surface area contributed by atoms with Crippen LogP contribution in [0.2, 0.25) is 0 Å². The van der Waals surface area contributed by atoms with E-state index in [9.17, 15) is 13.6 Å². The highest BCUT2D eigenvalue weighted by molar-refractivity contribution is 5.67. The Labute approximate surface area is 98.6 Å². The van der Waals surface area contributed by atoms with Gasteiger partial charge in [0.15, 0.2) is 11.6 Å². The smallest absolute Gasteiger partial charge is 0.303 e. The molecule has 92 valence electrons. The van der Waals surface area contributed by atoms with Gasteiger partial charge in [-0.25, -0.2) is 8.78 Å². The first kappa shape index (κ1) is 12.0. The number of hydrogen-bond acceptors (Lipinski definition) is 2. The summed E-state index contributed by atoms with van der Waals surface area (Å²) in [6.45, 7) is 1.33. The highest BCUT2D eigenvalue weighted by Crippen LogP contribution is 2.42. The Kier molecular flexibility index (Phi) is 3.13. The molecule has 0 spiro atoms. The van der Waals surface area contributed by atoms with Crippen LogP contribution >= 0.6 is 0 Å². The number of esters is 1. The number of rotatable bonds is 2. The van der Waals surface area contributed by atoms with Crippen molar-refractivity contribution in [2.45, 2.75) is 38.2 Å². The first-order chi connectivity index (χ1) is 8.03. The lowest BCUT2D eigenvalue weighted by atomic mass is 9.91. The van der Waals surface area contributed by atoms with E-state index in [0.29, 0.717) is 18.4 Å². The number of hydrogen-bond donors (Lipinski definition) is 0. The van der Waals surface area contributed by atoms with Gasteiger partial charge in [-0.2, -0.15) is 0 Å². The second kappa shape index (κ2) is 4.43. The Hall–Kier alpha value is -1.45. The van der Waals surface area contributed by atoms with E-state index in [0.717, 1.165) is 25.0 Å². The minimum absolute atomic E-state index is 0.392. The Morgan fingerprint density at radius 3 is 2.41 bits per heavy atom. The van der Waals surface area contributed by atoms with E-state index in [1.165, 1.54) is 13.0 Å². The van der Waals surface area contributed by atoms with Crippen LogP contribution in [0.4, 0.5) is 8.78 Å². The maximum atomic E-state index is 13.2. The monoisotopic (exact) mass is 240 g/mol. The van der Waals surface area contributed by atoms with Gasteiger partial charge in [0.2, 0.25) is 0 Å². The zero-order valence-electron chi connectivity index (χ0n) is 9.63. The highest BCUT2D eigenvalue weighted by Gasteiger charge is 2.39. The molecule has 0 heterocycles. The first-order valence-electron chi connectivity index (χ1n) is 5.69. The Balaban J connectivity index is 2.38. The van der Waals surface area contributed by atoms with E-state index in [1.807, 2.05) is 0 Å². The molecule has 1 saturated carbocycles. The second-order valence-electron chi connectivity index (χ2n) is 4.42. The van der Waals surface area contributed by atoms with Crippen molar-refractivity contribution in [1.29, 1.82) is 0 Å². The van der Waals surface area contributed by atoms with E-state index < -0.39 is 23.2 Å². The summed E-state index contributed by atoms with van der Waals surface area (Å²) in [6, 6.07) is 3.70. The van der Waals surface area contributed by atoms with Gasteiger partial charge in [-0.15, -0.1) is 0 Å². The summed E-state index contributed by atoms with van der Waals surface area (Å²) in [5.41, 5.74) is -0.218. The van der Waals surface area contributed by atoms with Crippen molar-refractivity contribution < 1.29 is 18.3 Å². The molecule has 0 radical (unpaired) electrons.